The third kappa shape index (κ3) is 6.91. The molecular weight excluding hydrogens is 475 g/mol. The molecule has 1 aliphatic carbocycles. The number of thioether (sulfide) groups is 1. The van der Waals surface area contributed by atoms with Crippen LogP contribution < -0.4 is 10.6 Å². The lowest BCUT2D eigenvalue weighted by atomic mass is 9.80. The molecule has 0 saturated heterocycles. The van der Waals surface area contributed by atoms with E-state index in [0.717, 1.165) is 56.3 Å². The SMILES string of the molecule is CSCCCC1(C(=O)NC(C)Cc2ccc(NC(=O)c3c(Cl)cccc3Cl)cc2)CCCC1. The lowest BCUT2D eigenvalue weighted by molar-refractivity contribution is -0.131. The molecule has 0 aromatic heterocycles. The first kappa shape index (κ1) is 25.9. The summed E-state index contributed by atoms with van der Waals surface area (Å²) >= 11 is 14.1. The van der Waals surface area contributed by atoms with Crippen LogP contribution in [0.5, 0.6) is 0 Å². The van der Waals surface area contributed by atoms with Crippen LogP contribution in [-0.4, -0.2) is 29.9 Å². The molecule has 1 saturated carbocycles. The zero-order valence-electron chi connectivity index (χ0n) is 19.3. The van der Waals surface area contributed by atoms with Crippen molar-refractivity contribution in [1.29, 1.82) is 0 Å². The summed E-state index contributed by atoms with van der Waals surface area (Å²) in [4.78, 5) is 25.7. The number of hydrogen-bond acceptors (Lipinski definition) is 3. The topological polar surface area (TPSA) is 58.2 Å². The molecule has 2 aromatic carbocycles. The van der Waals surface area contributed by atoms with Crippen LogP contribution in [0.25, 0.3) is 0 Å². The van der Waals surface area contributed by atoms with Gasteiger partial charge in [0.2, 0.25) is 5.91 Å². The van der Waals surface area contributed by atoms with Gasteiger partial charge in [0.1, 0.15) is 0 Å². The van der Waals surface area contributed by atoms with Crippen LogP contribution in [0.1, 0.15) is 61.4 Å². The highest BCUT2D eigenvalue weighted by atomic mass is 35.5. The fourth-order valence-electron chi connectivity index (χ4n) is 4.61. The average molecular weight is 508 g/mol. The van der Waals surface area contributed by atoms with E-state index in [0.29, 0.717) is 15.7 Å². The molecule has 1 unspecified atom stereocenters. The molecule has 0 aliphatic heterocycles. The Morgan fingerprint density at radius 1 is 1.06 bits per heavy atom. The van der Waals surface area contributed by atoms with Gasteiger partial charge >= 0.3 is 0 Å². The Morgan fingerprint density at radius 3 is 2.30 bits per heavy atom. The molecular formula is C26H32Cl2N2O2S. The van der Waals surface area contributed by atoms with Gasteiger partial charge in [0, 0.05) is 17.1 Å². The van der Waals surface area contributed by atoms with Crippen molar-refractivity contribution in [2.45, 2.75) is 57.9 Å². The minimum absolute atomic E-state index is 0.0397. The second-order valence-electron chi connectivity index (χ2n) is 8.91. The summed E-state index contributed by atoms with van der Waals surface area (Å²) in [7, 11) is 0. The highest BCUT2D eigenvalue weighted by Gasteiger charge is 2.40. The monoisotopic (exact) mass is 506 g/mol. The van der Waals surface area contributed by atoms with Crippen molar-refractivity contribution in [3.8, 4) is 0 Å². The zero-order chi connectivity index (χ0) is 23.8. The van der Waals surface area contributed by atoms with E-state index in [1.807, 2.05) is 36.0 Å². The number of anilines is 1. The van der Waals surface area contributed by atoms with Gasteiger partial charge in [-0.1, -0.05) is 54.2 Å². The molecule has 0 spiro atoms. The number of carbonyl (C=O) groups excluding carboxylic acids is 2. The van der Waals surface area contributed by atoms with Gasteiger partial charge in [-0.15, -0.1) is 0 Å². The normalized spacial score (nSPS) is 15.8. The number of carbonyl (C=O) groups is 2. The van der Waals surface area contributed by atoms with Crippen LogP contribution in [0.4, 0.5) is 5.69 Å². The molecule has 2 amide bonds. The Morgan fingerprint density at radius 2 is 1.70 bits per heavy atom. The van der Waals surface area contributed by atoms with Gasteiger partial charge in [0.25, 0.3) is 5.91 Å². The van der Waals surface area contributed by atoms with E-state index >= 15 is 0 Å². The number of nitrogens with one attached hydrogen (secondary N) is 2. The van der Waals surface area contributed by atoms with Gasteiger partial charge in [0.15, 0.2) is 0 Å². The van der Waals surface area contributed by atoms with Crippen molar-refractivity contribution in [1.82, 2.24) is 5.32 Å². The largest absolute Gasteiger partial charge is 0.353 e. The number of amides is 2. The maximum atomic E-state index is 13.1. The van der Waals surface area contributed by atoms with Crippen LogP contribution >= 0.6 is 35.0 Å². The molecule has 2 N–H and O–H groups in total. The molecule has 7 heteroatoms. The molecule has 33 heavy (non-hydrogen) atoms. The van der Waals surface area contributed by atoms with Crippen molar-refractivity contribution in [3.63, 3.8) is 0 Å². The van der Waals surface area contributed by atoms with E-state index in [2.05, 4.69) is 23.8 Å². The number of rotatable bonds is 10. The molecule has 0 radical (unpaired) electrons. The Kier molecular flexibility index (Phi) is 9.54. The van der Waals surface area contributed by atoms with Crippen molar-refractivity contribution in [2.24, 2.45) is 5.41 Å². The van der Waals surface area contributed by atoms with Crippen LogP contribution in [0.2, 0.25) is 10.0 Å². The molecule has 0 bridgehead atoms. The van der Waals surface area contributed by atoms with Gasteiger partial charge in [-0.2, -0.15) is 11.8 Å². The summed E-state index contributed by atoms with van der Waals surface area (Å²) in [6, 6.07) is 12.7. The van der Waals surface area contributed by atoms with Crippen molar-refractivity contribution in [2.75, 3.05) is 17.3 Å². The Bertz CT molecular complexity index is 939. The van der Waals surface area contributed by atoms with Crippen molar-refractivity contribution < 1.29 is 9.59 Å². The minimum Gasteiger partial charge on any atom is -0.353 e. The molecule has 4 nitrogen and oxygen atoms in total. The first-order valence-corrected chi connectivity index (χ1v) is 13.6. The maximum absolute atomic E-state index is 13.1. The molecule has 1 atom stereocenters. The van der Waals surface area contributed by atoms with E-state index < -0.39 is 0 Å². The number of benzene rings is 2. The first-order valence-electron chi connectivity index (χ1n) is 11.5. The Balaban J connectivity index is 1.56. The van der Waals surface area contributed by atoms with E-state index in [1.54, 1.807) is 18.2 Å². The lowest BCUT2D eigenvalue weighted by Gasteiger charge is -2.29. The van der Waals surface area contributed by atoms with Gasteiger partial charge in [-0.3, -0.25) is 9.59 Å². The summed E-state index contributed by atoms with van der Waals surface area (Å²) in [6.45, 7) is 2.05. The van der Waals surface area contributed by atoms with Crippen LogP contribution in [0, 0.1) is 5.41 Å². The predicted molar refractivity (Wildman–Crippen MR) is 141 cm³/mol. The molecule has 0 heterocycles. The van der Waals surface area contributed by atoms with Crippen LogP contribution in [0.3, 0.4) is 0 Å². The molecule has 1 aliphatic rings. The average Bonchev–Trinajstić information content (AvgIpc) is 3.25. The molecule has 178 valence electrons. The van der Waals surface area contributed by atoms with E-state index in [4.69, 9.17) is 23.2 Å². The fourth-order valence-corrected chi connectivity index (χ4v) is 5.61. The fraction of sp³-hybridized carbons (Fsp3) is 0.462. The predicted octanol–water partition coefficient (Wildman–Crippen LogP) is 7.00. The second kappa shape index (κ2) is 12.1. The number of hydrogen-bond donors (Lipinski definition) is 2. The highest BCUT2D eigenvalue weighted by molar-refractivity contribution is 7.98. The van der Waals surface area contributed by atoms with Crippen LogP contribution in [0.15, 0.2) is 42.5 Å². The molecule has 3 rings (SSSR count). The van der Waals surface area contributed by atoms with Crippen molar-refractivity contribution >= 4 is 52.5 Å². The van der Waals surface area contributed by atoms with Crippen LogP contribution in [-0.2, 0) is 11.2 Å². The van der Waals surface area contributed by atoms with E-state index in [1.165, 1.54) is 0 Å². The second-order valence-corrected chi connectivity index (χ2v) is 10.7. The van der Waals surface area contributed by atoms with Gasteiger partial charge in [0.05, 0.1) is 15.6 Å². The third-order valence-electron chi connectivity index (χ3n) is 6.37. The lowest BCUT2D eigenvalue weighted by Crippen LogP contribution is -2.44. The first-order chi connectivity index (χ1) is 15.8. The quantitative estimate of drug-likeness (QED) is 0.341. The van der Waals surface area contributed by atoms with Gasteiger partial charge < -0.3 is 10.6 Å². The van der Waals surface area contributed by atoms with Crippen molar-refractivity contribution in [3.05, 3.63) is 63.6 Å². The molecule has 2 aromatic rings. The summed E-state index contributed by atoms with van der Waals surface area (Å²) in [5.74, 6) is 0.979. The maximum Gasteiger partial charge on any atom is 0.258 e. The van der Waals surface area contributed by atoms with E-state index in [9.17, 15) is 9.59 Å². The summed E-state index contributed by atoms with van der Waals surface area (Å²) in [6.07, 6.45) is 9.23. The highest BCUT2D eigenvalue weighted by Crippen LogP contribution is 2.42. The number of halogens is 2. The van der Waals surface area contributed by atoms with E-state index in [-0.39, 0.29) is 28.8 Å². The van der Waals surface area contributed by atoms with Gasteiger partial charge in [-0.05, 0) is 80.9 Å². The molecule has 1 fully saturated rings. The Hall–Kier alpha value is -1.69. The Labute approximate surface area is 211 Å². The van der Waals surface area contributed by atoms with Gasteiger partial charge in [-0.25, -0.2) is 0 Å². The standard InChI is InChI=1S/C26H32Cl2N2O2S/c1-18(29-25(32)26(13-3-4-14-26)15-6-16-33-2)17-19-9-11-20(12-10-19)30-24(31)23-21(27)7-5-8-22(23)28/h5,7-12,18H,3-4,6,13-17H2,1-2H3,(H,29,32)(H,30,31). The third-order valence-corrected chi connectivity index (χ3v) is 7.69. The smallest absolute Gasteiger partial charge is 0.258 e. The summed E-state index contributed by atoms with van der Waals surface area (Å²) in [5, 5.41) is 6.74. The minimum atomic E-state index is -0.345. The zero-order valence-corrected chi connectivity index (χ0v) is 21.6. The summed E-state index contributed by atoms with van der Waals surface area (Å²) < 4.78 is 0. The summed E-state index contributed by atoms with van der Waals surface area (Å²) in [5.41, 5.74) is 1.84.